The fourth-order valence-corrected chi connectivity index (χ4v) is 1.81. The molecule has 100 valence electrons. The van der Waals surface area contributed by atoms with Gasteiger partial charge in [-0.2, -0.15) is 5.10 Å². The first-order valence-corrected chi connectivity index (χ1v) is 5.94. The molecule has 6 heteroatoms. The number of benzene rings is 1. The summed E-state index contributed by atoms with van der Waals surface area (Å²) in [6, 6.07) is 7.09. The van der Waals surface area contributed by atoms with Crippen molar-refractivity contribution in [1.29, 1.82) is 0 Å². The van der Waals surface area contributed by atoms with Gasteiger partial charge in [-0.1, -0.05) is 18.2 Å². The van der Waals surface area contributed by atoms with Crippen LogP contribution in [-0.4, -0.2) is 36.4 Å². The average molecular weight is 261 g/mol. The maximum absolute atomic E-state index is 11.7. The van der Waals surface area contributed by atoms with Gasteiger partial charge in [-0.3, -0.25) is 9.59 Å². The van der Waals surface area contributed by atoms with Gasteiger partial charge in [0.2, 0.25) is 5.91 Å². The number of amides is 1. The van der Waals surface area contributed by atoms with Crippen molar-refractivity contribution in [3.8, 4) is 0 Å². The number of ether oxygens (including phenoxy) is 1. The van der Waals surface area contributed by atoms with Gasteiger partial charge in [0.25, 0.3) is 5.56 Å². The SMILES string of the molecule is COCCNC(=O)Cc1n[nH]c(=O)c2ccccc12. The zero-order valence-electron chi connectivity index (χ0n) is 10.6. The van der Waals surface area contributed by atoms with Crippen molar-refractivity contribution in [2.75, 3.05) is 20.3 Å². The number of methoxy groups -OCH3 is 1. The highest BCUT2D eigenvalue weighted by Gasteiger charge is 2.09. The Morgan fingerprint density at radius 1 is 1.37 bits per heavy atom. The van der Waals surface area contributed by atoms with Crippen molar-refractivity contribution in [2.24, 2.45) is 0 Å². The van der Waals surface area contributed by atoms with Crippen molar-refractivity contribution in [3.05, 3.63) is 40.3 Å². The van der Waals surface area contributed by atoms with Crippen LogP contribution in [0.1, 0.15) is 5.69 Å². The summed E-state index contributed by atoms with van der Waals surface area (Å²) < 4.78 is 4.85. The standard InChI is InChI=1S/C13H15N3O3/c1-19-7-6-14-12(17)8-11-9-4-2-3-5-10(9)13(18)16-15-11/h2-5H,6-8H2,1H3,(H,14,17)(H,16,18). The largest absolute Gasteiger partial charge is 0.383 e. The van der Waals surface area contributed by atoms with E-state index in [4.69, 9.17) is 4.74 Å². The lowest BCUT2D eigenvalue weighted by Gasteiger charge is -2.06. The van der Waals surface area contributed by atoms with E-state index < -0.39 is 0 Å². The molecule has 0 aliphatic rings. The Bertz CT molecular complexity index is 636. The van der Waals surface area contributed by atoms with Crippen molar-refractivity contribution in [3.63, 3.8) is 0 Å². The first kappa shape index (κ1) is 13.2. The van der Waals surface area contributed by atoms with Gasteiger partial charge in [-0.25, -0.2) is 5.10 Å². The molecule has 2 rings (SSSR count). The summed E-state index contributed by atoms with van der Waals surface area (Å²) in [4.78, 5) is 23.3. The minimum atomic E-state index is -0.251. The highest BCUT2D eigenvalue weighted by atomic mass is 16.5. The van der Waals surface area contributed by atoms with Gasteiger partial charge < -0.3 is 10.1 Å². The molecule has 0 bridgehead atoms. The quantitative estimate of drug-likeness (QED) is 0.754. The van der Waals surface area contributed by atoms with Crippen LogP contribution in [0.4, 0.5) is 0 Å². The molecule has 6 nitrogen and oxygen atoms in total. The van der Waals surface area contributed by atoms with Crippen LogP contribution in [0.2, 0.25) is 0 Å². The van der Waals surface area contributed by atoms with E-state index in [0.717, 1.165) is 0 Å². The minimum Gasteiger partial charge on any atom is -0.383 e. The third kappa shape index (κ3) is 3.17. The van der Waals surface area contributed by atoms with Gasteiger partial charge in [-0.15, -0.1) is 0 Å². The molecule has 19 heavy (non-hydrogen) atoms. The number of aromatic amines is 1. The van der Waals surface area contributed by atoms with E-state index in [1.807, 2.05) is 6.07 Å². The van der Waals surface area contributed by atoms with E-state index in [-0.39, 0.29) is 17.9 Å². The maximum Gasteiger partial charge on any atom is 0.272 e. The van der Waals surface area contributed by atoms with Gasteiger partial charge in [-0.05, 0) is 6.07 Å². The smallest absolute Gasteiger partial charge is 0.272 e. The predicted octanol–water partition coefficient (Wildman–Crippen LogP) is 0.228. The van der Waals surface area contributed by atoms with Crippen molar-refractivity contribution in [1.82, 2.24) is 15.5 Å². The summed E-state index contributed by atoms with van der Waals surface area (Å²) in [6.45, 7) is 0.919. The third-order valence-corrected chi connectivity index (χ3v) is 2.73. The van der Waals surface area contributed by atoms with E-state index in [1.54, 1.807) is 25.3 Å². The molecular weight excluding hydrogens is 246 g/mol. The second kappa shape index (κ2) is 6.10. The molecule has 1 heterocycles. The molecule has 1 aromatic heterocycles. The first-order chi connectivity index (χ1) is 9.22. The van der Waals surface area contributed by atoms with Gasteiger partial charge >= 0.3 is 0 Å². The number of rotatable bonds is 5. The summed E-state index contributed by atoms with van der Waals surface area (Å²) in [5.74, 6) is -0.151. The lowest BCUT2D eigenvalue weighted by Crippen LogP contribution is -2.29. The zero-order chi connectivity index (χ0) is 13.7. The van der Waals surface area contributed by atoms with Gasteiger partial charge in [0.15, 0.2) is 0 Å². The van der Waals surface area contributed by atoms with E-state index in [1.165, 1.54) is 0 Å². The summed E-state index contributed by atoms with van der Waals surface area (Å²) >= 11 is 0. The molecule has 0 saturated heterocycles. The fourth-order valence-electron chi connectivity index (χ4n) is 1.81. The van der Waals surface area contributed by atoms with Gasteiger partial charge in [0.05, 0.1) is 24.1 Å². The van der Waals surface area contributed by atoms with Crippen molar-refractivity contribution < 1.29 is 9.53 Å². The molecule has 0 spiro atoms. The number of hydrogen-bond donors (Lipinski definition) is 2. The van der Waals surface area contributed by atoms with E-state index in [0.29, 0.717) is 29.6 Å². The Morgan fingerprint density at radius 3 is 2.84 bits per heavy atom. The molecule has 2 N–H and O–H groups in total. The van der Waals surface area contributed by atoms with Crippen molar-refractivity contribution >= 4 is 16.7 Å². The average Bonchev–Trinajstić information content (AvgIpc) is 2.43. The summed E-state index contributed by atoms with van der Waals surface area (Å²) in [7, 11) is 1.57. The molecule has 0 fully saturated rings. The summed E-state index contributed by atoms with van der Waals surface area (Å²) in [6.07, 6.45) is 0.126. The number of fused-ring (bicyclic) bond motifs is 1. The number of aromatic nitrogens is 2. The molecule has 2 aromatic rings. The number of nitrogens with zero attached hydrogens (tertiary/aromatic N) is 1. The Morgan fingerprint density at radius 2 is 2.11 bits per heavy atom. The molecular formula is C13H15N3O3. The summed E-state index contributed by atoms with van der Waals surface area (Å²) in [5.41, 5.74) is 0.309. The van der Waals surface area contributed by atoms with E-state index in [2.05, 4.69) is 15.5 Å². The Labute approximate surface area is 109 Å². The first-order valence-electron chi connectivity index (χ1n) is 5.94. The maximum atomic E-state index is 11.7. The van der Waals surface area contributed by atoms with E-state index in [9.17, 15) is 9.59 Å². The Hall–Kier alpha value is -2.21. The normalized spacial score (nSPS) is 10.6. The minimum absolute atomic E-state index is 0.126. The molecule has 1 amide bonds. The van der Waals surface area contributed by atoms with Gasteiger partial charge in [0.1, 0.15) is 0 Å². The van der Waals surface area contributed by atoms with Crippen LogP contribution in [-0.2, 0) is 16.0 Å². The number of carbonyl (C=O) groups is 1. The predicted molar refractivity (Wildman–Crippen MR) is 71.0 cm³/mol. The topological polar surface area (TPSA) is 84.1 Å². The molecule has 0 aliphatic carbocycles. The number of carbonyl (C=O) groups excluding carboxylic acids is 1. The molecule has 0 unspecified atom stereocenters. The van der Waals surface area contributed by atoms with Crippen LogP contribution in [0, 0.1) is 0 Å². The third-order valence-electron chi connectivity index (χ3n) is 2.73. The van der Waals surface area contributed by atoms with Crippen molar-refractivity contribution in [2.45, 2.75) is 6.42 Å². The second-order valence-electron chi connectivity index (χ2n) is 4.06. The van der Waals surface area contributed by atoms with Crippen LogP contribution in [0.25, 0.3) is 10.8 Å². The zero-order valence-corrected chi connectivity index (χ0v) is 10.6. The number of H-pyrrole nitrogens is 1. The summed E-state index contributed by atoms with van der Waals surface area (Å²) in [5, 5.41) is 10.3. The monoisotopic (exact) mass is 261 g/mol. The highest BCUT2D eigenvalue weighted by Crippen LogP contribution is 2.12. The van der Waals surface area contributed by atoms with Crippen LogP contribution < -0.4 is 10.9 Å². The number of hydrogen-bond acceptors (Lipinski definition) is 4. The molecule has 0 aliphatic heterocycles. The molecule has 0 saturated carbocycles. The van der Waals surface area contributed by atoms with Crippen LogP contribution >= 0.6 is 0 Å². The van der Waals surface area contributed by atoms with Crippen LogP contribution in [0.5, 0.6) is 0 Å². The second-order valence-corrected chi connectivity index (χ2v) is 4.06. The highest BCUT2D eigenvalue weighted by molar-refractivity contribution is 5.88. The molecule has 1 aromatic carbocycles. The Balaban J connectivity index is 2.19. The fraction of sp³-hybridized carbons (Fsp3) is 0.308. The lowest BCUT2D eigenvalue weighted by atomic mass is 10.1. The number of nitrogens with one attached hydrogen (secondary N) is 2. The van der Waals surface area contributed by atoms with E-state index >= 15 is 0 Å². The Kier molecular flexibility index (Phi) is 4.25. The van der Waals surface area contributed by atoms with Crippen LogP contribution in [0.3, 0.4) is 0 Å². The lowest BCUT2D eigenvalue weighted by molar-refractivity contribution is -0.120. The molecule has 0 radical (unpaired) electrons. The van der Waals surface area contributed by atoms with Crippen LogP contribution in [0.15, 0.2) is 29.1 Å². The van der Waals surface area contributed by atoms with Gasteiger partial charge in [0, 0.05) is 19.0 Å². The molecule has 0 atom stereocenters.